The highest BCUT2D eigenvalue weighted by atomic mass is 31.2. The number of nitrogens with zero attached hydrogens (tertiary/aromatic N) is 4. The zero-order valence-corrected chi connectivity index (χ0v) is 13.6. The summed E-state index contributed by atoms with van der Waals surface area (Å²) < 4.78 is 35.1. The van der Waals surface area contributed by atoms with E-state index in [1.54, 1.807) is 6.92 Å². The van der Waals surface area contributed by atoms with Crippen molar-refractivity contribution >= 4 is 24.8 Å². The van der Waals surface area contributed by atoms with Crippen LogP contribution in [0.3, 0.4) is 0 Å². The van der Waals surface area contributed by atoms with Gasteiger partial charge in [0.2, 0.25) is 0 Å². The third kappa shape index (κ3) is 2.41. The molecule has 0 radical (unpaired) electrons. The number of aliphatic hydroxyl groups is 1. The van der Waals surface area contributed by atoms with Gasteiger partial charge in [-0.3, -0.25) is 18.1 Å². The van der Waals surface area contributed by atoms with Gasteiger partial charge in [0, 0.05) is 0 Å². The van der Waals surface area contributed by atoms with E-state index in [-0.39, 0.29) is 19.0 Å². The highest BCUT2D eigenvalue weighted by Gasteiger charge is 2.53. The molecule has 0 saturated carbocycles. The van der Waals surface area contributed by atoms with Gasteiger partial charge >= 0.3 is 7.82 Å². The summed E-state index contributed by atoms with van der Waals surface area (Å²) in [6.07, 6.45) is -0.642. The largest absolute Gasteiger partial charge is 0.475 e. The van der Waals surface area contributed by atoms with Gasteiger partial charge in [-0.15, -0.1) is 0 Å². The molecule has 24 heavy (non-hydrogen) atoms. The van der Waals surface area contributed by atoms with Crippen LogP contribution in [0, 0.1) is 0 Å². The minimum Gasteiger partial charge on any atom is -0.386 e. The summed E-state index contributed by atoms with van der Waals surface area (Å²) >= 11 is 0. The molecule has 12 heteroatoms. The molecule has 0 unspecified atom stereocenters. The smallest absolute Gasteiger partial charge is 0.386 e. The number of rotatable bonds is 3. The molecule has 2 saturated heterocycles. The third-order valence-corrected chi connectivity index (χ3v) is 5.45. The van der Waals surface area contributed by atoms with Crippen LogP contribution in [-0.4, -0.2) is 56.2 Å². The molecule has 0 amide bonds. The van der Waals surface area contributed by atoms with Gasteiger partial charge in [0.05, 0.1) is 19.5 Å². The molecule has 0 aromatic carbocycles. The number of phosphoric ester groups is 1. The Kier molecular flexibility index (Phi) is 3.79. The van der Waals surface area contributed by atoms with E-state index >= 15 is 0 Å². The van der Waals surface area contributed by atoms with Crippen molar-refractivity contribution in [1.29, 1.82) is 0 Å². The van der Waals surface area contributed by atoms with Gasteiger partial charge in [0.25, 0.3) is 0 Å². The monoisotopic (exact) mass is 357 g/mol. The summed E-state index contributed by atoms with van der Waals surface area (Å²) in [6, 6.07) is 0. The molecule has 3 N–H and O–H groups in total. The predicted octanol–water partition coefficient (Wildman–Crippen LogP) is 0.227. The first kappa shape index (κ1) is 15.9. The standard InChI is InChI=1S/C12H16N5O6P/c1-2-20-24(19)21-3-6-9(23-24)8(18)12(22-6)17-5-16-7-10(13)14-4-15-11(7)17/h4-6,8-9,12,18H,2-3H2,1H3,(H2,13,14,15)/t6-,8-,9+,12+,24-/m0/s1. The highest BCUT2D eigenvalue weighted by Crippen LogP contribution is 2.56. The van der Waals surface area contributed by atoms with E-state index in [0.717, 1.165) is 0 Å². The molecule has 130 valence electrons. The average molecular weight is 357 g/mol. The zero-order valence-electron chi connectivity index (χ0n) is 12.7. The molecule has 0 bridgehead atoms. The lowest BCUT2D eigenvalue weighted by atomic mass is 10.1. The van der Waals surface area contributed by atoms with Crippen LogP contribution in [0.5, 0.6) is 0 Å². The summed E-state index contributed by atoms with van der Waals surface area (Å²) in [5.41, 5.74) is 6.58. The van der Waals surface area contributed by atoms with Crippen molar-refractivity contribution in [2.75, 3.05) is 18.9 Å². The predicted molar refractivity (Wildman–Crippen MR) is 79.7 cm³/mol. The second-order valence-corrected chi connectivity index (χ2v) is 6.99. The van der Waals surface area contributed by atoms with E-state index in [0.29, 0.717) is 11.2 Å². The number of aliphatic hydroxyl groups excluding tert-OH is 1. The van der Waals surface area contributed by atoms with Crippen LogP contribution in [-0.2, 0) is 22.9 Å². The molecule has 2 aromatic rings. The molecule has 2 fully saturated rings. The van der Waals surface area contributed by atoms with Gasteiger partial charge in [0.1, 0.15) is 30.2 Å². The number of nitrogens with two attached hydrogens (primary N) is 1. The first-order chi connectivity index (χ1) is 11.5. The van der Waals surface area contributed by atoms with Gasteiger partial charge in [-0.2, -0.15) is 0 Å². The molecule has 11 nitrogen and oxygen atoms in total. The Labute approximate surface area is 136 Å². The molecule has 4 rings (SSSR count). The topological polar surface area (TPSA) is 144 Å². The summed E-state index contributed by atoms with van der Waals surface area (Å²) in [7, 11) is -3.69. The van der Waals surface area contributed by atoms with Crippen LogP contribution >= 0.6 is 7.82 Å². The number of hydrogen-bond donors (Lipinski definition) is 2. The fraction of sp³-hybridized carbons (Fsp3) is 0.583. The Morgan fingerprint density at radius 3 is 3.12 bits per heavy atom. The molecule has 5 atom stereocenters. The normalized spacial score (nSPS) is 36.1. The minimum absolute atomic E-state index is 0.0146. The maximum atomic E-state index is 12.3. The van der Waals surface area contributed by atoms with Crippen molar-refractivity contribution in [2.45, 2.75) is 31.5 Å². The Hall–Kier alpha value is -1.62. The van der Waals surface area contributed by atoms with Crippen molar-refractivity contribution < 1.29 is 28.0 Å². The van der Waals surface area contributed by atoms with Gasteiger partial charge < -0.3 is 15.6 Å². The van der Waals surface area contributed by atoms with Crippen LogP contribution in [0.15, 0.2) is 12.7 Å². The lowest BCUT2D eigenvalue weighted by Crippen LogP contribution is -2.39. The fourth-order valence-electron chi connectivity index (χ4n) is 2.84. The van der Waals surface area contributed by atoms with E-state index in [1.807, 2.05) is 0 Å². The fourth-order valence-corrected chi connectivity index (χ4v) is 4.24. The second kappa shape index (κ2) is 5.73. The maximum absolute atomic E-state index is 12.3. The van der Waals surface area contributed by atoms with E-state index in [2.05, 4.69) is 15.0 Å². The van der Waals surface area contributed by atoms with E-state index < -0.39 is 32.4 Å². The van der Waals surface area contributed by atoms with E-state index in [9.17, 15) is 9.67 Å². The van der Waals surface area contributed by atoms with Crippen LogP contribution in [0.25, 0.3) is 11.2 Å². The number of aromatic nitrogens is 4. The van der Waals surface area contributed by atoms with Crippen molar-refractivity contribution in [3.05, 3.63) is 12.7 Å². The Balaban J connectivity index is 1.64. The molecule has 2 aliphatic heterocycles. The van der Waals surface area contributed by atoms with Crippen LogP contribution in [0.4, 0.5) is 5.82 Å². The molecule has 2 aromatic heterocycles. The summed E-state index contributed by atoms with van der Waals surface area (Å²) in [4.78, 5) is 12.1. The Morgan fingerprint density at radius 2 is 2.33 bits per heavy atom. The Morgan fingerprint density at radius 1 is 1.50 bits per heavy atom. The Bertz CT molecular complexity index is 814. The first-order valence-corrected chi connectivity index (χ1v) is 8.82. The van der Waals surface area contributed by atoms with Gasteiger partial charge in [-0.25, -0.2) is 19.5 Å². The van der Waals surface area contributed by atoms with E-state index in [4.69, 9.17) is 24.0 Å². The SMILES string of the molecule is CCO[P@@]1(=O)OC[C@@H]2O[C@@H](n3cnc4c(N)ncnc43)[C@@H](O)[C@@H]2O1. The number of anilines is 1. The summed E-state index contributed by atoms with van der Waals surface area (Å²) in [5, 5.41) is 10.6. The number of phosphoric acid groups is 1. The van der Waals surface area contributed by atoms with Crippen molar-refractivity contribution in [2.24, 2.45) is 0 Å². The number of fused-ring (bicyclic) bond motifs is 2. The summed E-state index contributed by atoms with van der Waals surface area (Å²) in [6.45, 7) is 1.82. The molecule has 2 aliphatic rings. The third-order valence-electron chi connectivity index (χ3n) is 3.91. The van der Waals surface area contributed by atoms with Gasteiger partial charge in [-0.05, 0) is 6.92 Å². The number of nitrogen functional groups attached to an aromatic ring is 1. The maximum Gasteiger partial charge on any atom is 0.475 e. The lowest BCUT2D eigenvalue weighted by Gasteiger charge is -2.30. The van der Waals surface area contributed by atoms with Crippen LogP contribution in [0.2, 0.25) is 0 Å². The number of imidazole rings is 1. The molecular formula is C12H16N5O6P. The number of hydrogen-bond acceptors (Lipinski definition) is 10. The van der Waals surface area contributed by atoms with E-state index in [1.165, 1.54) is 17.2 Å². The number of ether oxygens (including phenoxy) is 1. The van der Waals surface area contributed by atoms with Crippen molar-refractivity contribution in [1.82, 2.24) is 19.5 Å². The zero-order chi connectivity index (χ0) is 16.9. The summed E-state index contributed by atoms with van der Waals surface area (Å²) in [5.74, 6) is 0.226. The van der Waals surface area contributed by atoms with Gasteiger partial charge in [0.15, 0.2) is 17.7 Å². The average Bonchev–Trinajstić information content (AvgIpc) is 3.10. The first-order valence-electron chi connectivity index (χ1n) is 7.36. The van der Waals surface area contributed by atoms with Crippen molar-refractivity contribution in [3.8, 4) is 0 Å². The van der Waals surface area contributed by atoms with Crippen LogP contribution < -0.4 is 5.73 Å². The second-order valence-electron chi connectivity index (χ2n) is 5.37. The highest BCUT2D eigenvalue weighted by molar-refractivity contribution is 7.48. The molecular weight excluding hydrogens is 341 g/mol. The van der Waals surface area contributed by atoms with Crippen LogP contribution in [0.1, 0.15) is 13.2 Å². The van der Waals surface area contributed by atoms with Crippen molar-refractivity contribution in [3.63, 3.8) is 0 Å². The molecule has 4 heterocycles. The lowest BCUT2D eigenvalue weighted by molar-refractivity contribution is -0.0701. The quantitative estimate of drug-likeness (QED) is 0.732. The molecule has 0 aliphatic carbocycles. The minimum atomic E-state index is -3.69. The molecule has 0 spiro atoms. The van der Waals surface area contributed by atoms with Gasteiger partial charge in [-0.1, -0.05) is 0 Å².